The number of rotatable bonds is 1. The highest BCUT2D eigenvalue weighted by molar-refractivity contribution is 8.00. The lowest BCUT2D eigenvalue weighted by atomic mass is 9.96. The van der Waals surface area contributed by atoms with Gasteiger partial charge in [-0.05, 0) is 25.7 Å². The first-order valence-corrected chi connectivity index (χ1v) is 5.51. The molecule has 0 radical (unpaired) electrons. The average molecular weight is 172 g/mol. The van der Waals surface area contributed by atoms with Crippen LogP contribution in [-0.2, 0) is 4.74 Å². The van der Waals surface area contributed by atoms with Crippen LogP contribution in [0.15, 0.2) is 0 Å². The largest absolute Gasteiger partial charge is 0.381 e. The van der Waals surface area contributed by atoms with Crippen LogP contribution >= 0.6 is 11.8 Å². The van der Waals surface area contributed by atoms with Gasteiger partial charge in [0.05, 0.1) is 6.10 Å². The third-order valence-electron chi connectivity index (χ3n) is 2.82. The van der Waals surface area contributed by atoms with Crippen LogP contribution in [0.1, 0.15) is 32.1 Å². The molecule has 2 bridgehead atoms. The molecule has 2 rings (SSSR count). The normalized spacial score (nSPS) is 43.9. The minimum absolute atomic E-state index is 0.576. The van der Waals surface area contributed by atoms with E-state index in [-0.39, 0.29) is 0 Å². The van der Waals surface area contributed by atoms with Gasteiger partial charge < -0.3 is 4.74 Å². The van der Waals surface area contributed by atoms with Crippen LogP contribution < -0.4 is 0 Å². The molecule has 0 aromatic carbocycles. The summed E-state index contributed by atoms with van der Waals surface area (Å²) in [7, 11) is 1.86. The minimum Gasteiger partial charge on any atom is -0.381 e. The summed E-state index contributed by atoms with van der Waals surface area (Å²) in [5.74, 6) is 0. The summed E-state index contributed by atoms with van der Waals surface area (Å²) in [4.78, 5) is 0. The standard InChI is InChI=1S/C9H16OS/c1-10-7-5-8-3-2-4-9(6-7)11-8/h7-9H,2-6H2,1H3. The van der Waals surface area contributed by atoms with Crippen LogP contribution in [0.2, 0.25) is 0 Å². The average Bonchev–Trinajstić information content (AvgIpc) is 2.03. The second kappa shape index (κ2) is 3.36. The van der Waals surface area contributed by atoms with Crippen LogP contribution in [0, 0.1) is 0 Å². The SMILES string of the molecule is COC1CC2CCCC(C1)S2. The Bertz CT molecular complexity index is 126. The van der Waals surface area contributed by atoms with Gasteiger partial charge in [-0.25, -0.2) is 0 Å². The Labute approximate surface area is 72.9 Å². The summed E-state index contributed by atoms with van der Waals surface area (Å²) in [6.45, 7) is 0. The van der Waals surface area contributed by atoms with E-state index < -0.39 is 0 Å². The van der Waals surface area contributed by atoms with Crippen LogP contribution in [0.4, 0.5) is 0 Å². The van der Waals surface area contributed by atoms with Crippen molar-refractivity contribution in [3.63, 3.8) is 0 Å². The molecule has 0 aliphatic carbocycles. The van der Waals surface area contributed by atoms with E-state index in [4.69, 9.17) is 4.74 Å². The molecule has 11 heavy (non-hydrogen) atoms. The lowest BCUT2D eigenvalue weighted by molar-refractivity contribution is 0.0782. The van der Waals surface area contributed by atoms with Crippen molar-refractivity contribution in [2.45, 2.75) is 48.7 Å². The molecule has 0 saturated carbocycles. The monoisotopic (exact) mass is 172 g/mol. The molecule has 2 aliphatic rings. The Balaban J connectivity index is 1.94. The fraction of sp³-hybridized carbons (Fsp3) is 1.00. The quantitative estimate of drug-likeness (QED) is 0.601. The smallest absolute Gasteiger partial charge is 0.0592 e. The van der Waals surface area contributed by atoms with Crippen molar-refractivity contribution in [3.05, 3.63) is 0 Å². The lowest BCUT2D eigenvalue weighted by Crippen LogP contribution is -2.32. The van der Waals surface area contributed by atoms with Gasteiger partial charge in [0.2, 0.25) is 0 Å². The molecule has 2 atom stereocenters. The maximum Gasteiger partial charge on any atom is 0.0592 e. The molecule has 0 N–H and O–H groups in total. The van der Waals surface area contributed by atoms with Crippen molar-refractivity contribution in [2.24, 2.45) is 0 Å². The zero-order valence-electron chi connectivity index (χ0n) is 7.08. The highest BCUT2D eigenvalue weighted by Crippen LogP contribution is 2.41. The molecule has 2 saturated heterocycles. The van der Waals surface area contributed by atoms with Crippen molar-refractivity contribution < 1.29 is 4.74 Å². The first kappa shape index (κ1) is 7.93. The van der Waals surface area contributed by atoms with E-state index in [1.165, 1.54) is 32.1 Å². The van der Waals surface area contributed by atoms with Gasteiger partial charge in [-0.3, -0.25) is 0 Å². The van der Waals surface area contributed by atoms with Crippen molar-refractivity contribution in [1.82, 2.24) is 0 Å². The van der Waals surface area contributed by atoms with E-state index in [0.717, 1.165) is 10.5 Å². The van der Waals surface area contributed by atoms with E-state index in [2.05, 4.69) is 11.8 Å². The number of hydrogen-bond acceptors (Lipinski definition) is 2. The van der Waals surface area contributed by atoms with E-state index in [1.54, 1.807) is 0 Å². The molecule has 0 aromatic heterocycles. The molecule has 2 heterocycles. The molecular weight excluding hydrogens is 156 g/mol. The number of fused-ring (bicyclic) bond motifs is 2. The molecule has 0 spiro atoms. The summed E-state index contributed by atoms with van der Waals surface area (Å²) in [5.41, 5.74) is 0. The third kappa shape index (κ3) is 1.73. The minimum atomic E-state index is 0.576. The highest BCUT2D eigenvalue weighted by Gasteiger charge is 2.31. The summed E-state index contributed by atoms with van der Waals surface area (Å²) in [5, 5.41) is 1.85. The Kier molecular flexibility index (Phi) is 2.42. The first-order valence-electron chi connectivity index (χ1n) is 4.56. The molecular formula is C9H16OS. The maximum atomic E-state index is 5.41. The van der Waals surface area contributed by atoms with E-state index in [9.17, 15) is 0 Å². The fourth-order valence-electron chi connectivity index (χ4n) is 2.20. The summed E-state index contributed by atoms with van der Waals surface area (Å²) in [6.07, 6.45) is 7.50. The van der Waals surface area contributed by atoms with E-state index >= 15 is 0 Å². The zero-order valence-corrected chi connectivity index (χ0v) is 7.90. The Morgan fingerprint density at radius 1 is 1.18 bits per heavy atom. The maximum absolute atomic E-state index is 5.41. The van der Waals surface area contributed by atoms with Gasteiger partial charge in [0.15, 0.2) is 0 Å². The van der Waals surface area contributed by atoms with Crippen LogP contribution in [0.5, 0.6) is 0 Å². The number of hydrogen-bond donors (Lipinski definition) is 0. The van der Waals surface area contributed by atoms with Gasteiger partial charge >= 0.3 is 0 Å². The summed E-state index contributed by atoms with van der Waals surface area (Å²) >= 11 is 2.21. The van der Waals surface area contributed by atoms with E-state index in [1.807, 2.05) is 7.11 Å². The summed E-state index contributed by atoms with van der Waals surface area (Å²) in [6, 6.07) is 0. The van der Waals surface area contributed by atoms with Gasteiger partial charge in [0.25, 0.3) is 0 Å². The molecule has 2 aliphatic heterocycles. The van der Waals surface area contributed by atoms with Gasteiger partial charge in [-0.1, -0.05) is 6.42 Å². The van der Waals surface area contributed by atoms with Crippen molar-refractivity contribution in [3.8, 4) is 0 Å². The predicted molar refractivity (Wildman–Crippen MR) is 49.0 cm³/mol. The zero-order chi connectivity index (χ0) is 7.68. The number of methoxy groups -OCH3 is 1. The molecule has 0 amide bonds. The Morgan fingerprint density at radius 2 is 1.82 bits per heavy atom. The van der Waals surface area contributed by atoms with Gasteiger partial charge in [-0.2, -0.15) is 11.8 Å². The van der Waals surface area contributed by atoms with Crippen molar-refractivity contribution >= 4 is 11.8 Å². The molecule has 2 heteroatoms. The van der Waals surface area contributed by atoms with Crippen molar-refractivity contribution in [1.29, 1.82) is 0 Å². The second-order valence-electron chi connectivity index (χ2n) is 3.64. The van der Waals surface area contributed by atoms with Crippen LogP contribution in [-0.4, -0.2) is 23.7 Å². The van der Waals surface area contributed by atoms with Gasteiger partial charge in [-0.15, -0.1) is 0 Å². The Hall–Kier alpha value is 0.310. The fourth-order valence-corrected chi connectivity index (χ4v) is 4.00. The van der Waals surface area contributed by atoms with Gasteiger partial charge in [0, 0.05) is 17.6 Å². The third-order valence-corrected chi connectivity index (χ3v) is 4.45. The van der Waals surface area contributed by atoms with Crippen molar-refractivity contribution in [2.75, 3.05) is 7.11 Å². The van der Waals surface area contributed by atoms with E-state index in [0.29, 0.717) is 6.10 Å². The number of thioether (sulfide) groups is 1. The molecule has 64 valence electrons. The molecule has 0 aromatic rings. The molecule has 1 nitrogen and oxygen atoms in total. The topological polar surface area (TPSA) is 9.23 Å². The predicted octanol–water partition coefficient (Wildman–Crippen LogP) is 2.45. The van der Waals surface area contributed by atoms with Crippen LogP contribution in [0.3, 0.4) is 0 Å². The highest BCUT2D eigenvalue weighted by atomic mass is 32.2. The lowest BCUT2D eigenvalue weighted by Gasteiger charge is -2.37. The van der Waals surface area contributed by atoms with Crippen LogP contribution in [0.25, 0.3) is 0 Å². The number of ether oxygens (including phenoxy) is 1. The van der Waals surface area contributed by atoms with Gasteiger partial charge in [0.1, 0.15) is 0 Å². The second-order valence-corrected chi connectivity index (χ2v) is 5.25. The molecule has 2 fully saturated rings. The Morgan fingerprint density at radius 3 is 2.36 bits per heavy atom. The first-order chi connectivity index (χ1) is 5.38. The molecule has 2 unspecified atom stereocenters. The summed E-state index contributed by atoms with van der Waals surface area (Å²) < 4.78 is 5.41.